The van der Waals surface area contributed by atoms with Crippen LogP contribution in [0.5, 0.6) is 0 Å². The zero-order chi connectivity index (χ0) is 28.9. The minimum Gasteiger partial charge on any atom is -0.465 e. The first-order chi connectivity index (χ1) is 19.2. The fourth-order valence-corrected chi connectivity index (χ4v) is 6.71. The van der Waals surface area contributed by atoms with Crippen molar-refractivity contribution in [3.05, 3.63) is 58.4 Å². The molecular formula is C26H30N4O8S2. The van der Waals surface area contributed by atoms with Gasteiger partial charge in [-0.25, -0.2) is 18.0 Å². The van der Waals surface area contributed by atoms with Crippen molar-refractivity contribution < 1.29 is 37.0 Å². The van der Waals surface area contributed by atoms with Crippen LogP contribution < -0.4 is 4.80 Å². The number of hydrogen-bond donors (Lipinski definition) is 0. The van der Waals surface area contributed by atoms with E-state index in [-0.39, 0.29) is 43.2 Å². The Kier molecular flexibility index (Phi) is 9.35. The van der Waals surface area contributed by atoms with Crippen LogP contribution in [-0.2, 0) is 30.8 Å². The molecular weight excluding hydrogens is 560 g/mol. The Balaban J connectivity index is 1.56. The Bertz CT molecular complexity index is 1570. The lowest BCUT2D eigenvalue weighted by Crippen LogP contribution is -2.50. The number of carbonyl (C=O) groups excluding carboxylic acids is 3. The van der Waals surface area contributed by atoms with Gasteiger partial charge < -0.3 is 23.7 Å². The monoisotopic (exact) mass is 590 g/mol. The van der Waals surface area contributed by atoms with Gasteiger partial charge in [-0.15, -0.1) is 0 Å². The molecule has 1 fully saturated rings. The molecule has 4 rings (SSSR count). The highest BCUT2D eigenvalue weighted by Crippen LogP contribution is 2.21. The van der Waals surface area contributed by atoms with Gasteiger partial charge in [-0.05, 0) is 49.4 Å². The van der Waals surface area contributed by atoms with E-state index in [1.165, 1.54) is 51.9 Å². The molecule has 12 nitrogen and oxygen atoms in total. The molecule has 0 unspecified atom stereocenters. The van der Waals surface area contributed by atoms with E-state index in [0.717, 1.165) is 10.2 Å². The van der Waals surface area contributed by atoms with Crippen molar-refractivity contribution in [2.24, 2.45) is 4.99 Å². The van der Waals surface area contributed by atoms with Crippen molar-refractivity contribution in [2.75, 3.05) is 53.6 Å². The zero-order valence-corrected chi connectivity index (χ0v) is 24.0. The van der Waals surface area contributed by atoms with Crippen molar-refractivity contribution in [3.63, 3.8) is 0 Å². The highest BCUT2D eigenvalue weighted by molar-refractivity contribution is 7.89. The van der Waals surface area contributed by atoms with Crippen LogP contribution in [0.15, 0.2) is 52.4 Å². The molecule has 0 aliphatic carbocycles. The molecule has 2 amide bonds. The van der Waals surface area contributed by atoms with Gasteiger partial charge in [0.05, 0.1) is 41.0 Å². The van der Waals surface area contributed by atoms with Crippen molar-refractivity contribution in [1.29, 1.82) is 0 Å². The van der Waals surface area contributed by atoms with Gasteiger partial charge in [-0.1, -0.05) is 11.3 Å². The number of piperazine rings is 1. The summed E-state index contributed by atoms with van der Waals surface area (Å²) in [6, 6.07) is 10.7. The van der Waals surface area contributed by atoms with Crippen LogP contribution in [0, 0.1) is 0 Å². The number of sulfonamides is 1. The Morgan fingerprint density at radius 1 is 0.975 bits per heavy atom. The minimum atomic E-state index is -3.81. The molecule has 0 bridgehead atoms. The maximum atomic E-state index is 13.1. The molecule has 2 aromatic carbocycles. The highest BCUT2D eigenvalue weighted by Gasteiger charge is 2.30. The number of benzene rings is 2. The van der Waals surface area contributed by atoms with Gasteiger partial charge in [0.25, 0.3) is 5.91 Å². The lowest BCUT2D eigenvalue weighted by molar-refractivity contribution is 0.0600. The van der Waals surface area contributed by atoms with E-state index in [1.807, 2.05) is 4.57 Å². The third kappa shape index (κ3) is 6.25. The van der Waals surface area contributed by atoms with Gasteiger partial charge >= 0.3 is 12.1 Å². The SMILES string of the molecule is CCOC(=O)N1CCN(S(=O)(=O)c2ccc(C(=O)N=c3sc4cc(C(=O)OC)ccc4n3CCOC)cc2)CC1. The van der Waals surface area contributed by atoms with E-state index < -0.39 is 28.0 Å². The normalized spacial score (nSPS) is 14.9. The van der Waals surface area contributed by atoms with E-state index in [2.05, 4.69) is 4.99 Å². The molecule has 0 saturated carbocycles. The number of hydrogen-bond acceptors (Lipinski definition) is 9. The summed E-state index contributed by atoms with van der Waals surface area (Å²) in [5.41, 5.74) is 1.38. The summed E-state index contributed by atoms with van der Waals surface area (Å²) in [5.74, 6) is -1.01. The maximum Gasteiger partial charge on any atom is 0.409 e. The molecule has 1 aliphatic rings. The molecule has 0 spiro atoms. The van der Waals surface area contributed by atoms with Crippen molar-refractivity contribution in [1.82, 2.24) is 13.8 Å². The number of methoxy groups -OCH3 is 2. The molecule has 214 valence electrons. The summed E-state index contributed by atoms with van der Waals surface area (Å²) in [5, 5.41) is 0. The molecule has 0 N–H and O–H groups in total. The fraction of sp³-hybridized carbons (Fsp3) is 0.385. The zero-order valence-electron chi connectivity index (χ0n) is 22.4. The number of ether oxygens (including phenoxy) is 3. The molecule has 2 heterocycles. The van der Waals surface area contributed by atoms with Crippen molar-refractivity contribution in [3.8, 4) is 0 Å². The second kappa shape index (κ2) is 12.7. The molecule has 1 saturated heterocycles. The molecule has 3 aromatic rings. The molecule has 0 atom stereocenters. The number of rotatable bonds is 8. The second-order valence-corrected chi connectivity index (χ2v) is 11.7. The summed E-state index contributed by atoms with van der Waals surface area (Å²) in [4.78, 5) is 43.2. The molecule has 40 heavy (non-hydrogen) atoms. The largest absolute Gasteiger partial charge is 0.465 e. The quantitative estimate of drug-likeness (QED) is 0.365. The van der Waals surface area contributed by atoms with Crippen LogP contribution in [0.25, 0.3) is 10.2 Å². The number of amides is 2. The van der Waals surface area contributed by atoms with E-state index in [4.69, 9.17) is 14.2 Å². The van der Waals surface area contributed by atoms with Crippen LogP contribution >= 0.6 is 11.3 Å². The average molecular weight is 591 g/mol. The van der Waals surface area contributed by atoms with Crippen LogP contribution in [0.4, 0.5) is 4.79 Å². The van der Waals surface area contributed by atoms with E-state index in [1.54, 1.807) is 32.2 Å². The Hall–Kier alpha value is -3.59. The number of fused-ring (bicyclic) bond motifs is 1. The van der Waals surface area contributed by atoms with Gasteiger partial charge in [-0.2, -0.15) is 9.30 Å². The Labute approximate surface area is 235 Å². The summed E-state index contributed by atoms with van der Waals surface area (Å²) in [7, 11) is -0.934. The number of carbonyl (C=O) groups is 3. The lowest BCUT2D eigenvalue weighted by Gasteiger charge is -2.33. The predicted octanol–water partition coefficient (Wildman–Crippen LogP) is 2.34. The number of thiazole rings is 1. The highest BCUT2D eigenvalue weighted by atomic mass is 32.2. The van der Waals surface area contributed by atoms with Crippen LogP contribution in [-0.4, -0.2) is 93.8 Å². The lowest BCUT2D eigenvalue weighted by atomic mass is 10.2. The first-order valence-electron chi connectivity index (χ1n) is 12.5. The molecule has 0 radical (unpaired) electrons. The summed E-state index contributed by atoms with van der Waals surface area (Å²) < 4.78 is 45.2. The molecule has 1 aromatic heterocycles. The van der Waals surface area contributed by atoms with Crippen LogP contribution in [0.3, 0.4) is 0 Å². The minimum absolute atomic E-state index is 0.0426. The fourth-order valence-electron chi connectivity index (χ4n) is 4.20. The van der Waals surface area contributed by atoms with E-state index in [9.17, 15) is 22.8 Å². The van der Waals surface area contributed by atoms with E-state index >= 15 is 0 Å². The smallest absolute Gasteiger partial charge is 0.409 e. The maximum absolute atomic E-state index is 13.1. The molecule has 14 heteroatoms. The Morgan fingerprint density at radius 3 is 2.27 bits per heavy atom. The summed E-state index contributed by atoms with van der Waals surface area (Å²) in [6.45, 7) is 3.52. The number of esters is 1. The predicted molar refractivity (Wildman–Crippen MR) is 147 cm³/mol. The summed E-state index contributed by atoms with van der Waals surface area (Å²) >= 11 is 1.24. The number of aromatic nitrogens is 1. The summed E-state index contributed by atoms with van der Waals surface area (Å²) in [6.07, 6.45) is -0.461. The third-order valence-electron chi connectivity index (χ3n) is 6.32. The first kappa shape index (κ1) is 29.4. The van der Waals surface area contributed by atoms with Crippen LogP contribution in [0.2, 0.25) is 0 Å². The van der Waals surface area contributed by atoms with Gasteiger partial charge in [0.15, 0.2) is 4.80 Å². The standard InChI is InChI=1S/C26H30N4O8S2/c1-4-38-26(33)28-11-13-29(14-12-28)40(34,35)20-8-5-18(6-9-20)23(31)27-25-30(15-16-36-2)21-10-7-19(24(32)37-3)17-22(21)39-25/h5-10,17H,4,11-16H2,1-3H3. The first-order valence-corrected chi connectivity index (χ1v) is 14.8. The Morgan fingerprint density at radius 2 is 1.65 bits per heavy atom. The number of nitrogens with zero attached hydrogens (tertiary/aromatic N) is 4. The second-order valence-electron chi connectivity index (χ2n) is 8.73. The van der Waals surface area contributed by atoms with Gasteiger partial charge in [-0.3, -0.25) is 4.79 Å². The average Bonchev–Trinajstić information content (AvgIpc) is 3.31. The topological polar surface area (TPSA) is 137 Å². The van der Waals surface area contributed by atoms with E-state index in [0.29, 0.717) is 23.5 Å². The van der Waals surface area contributed by atoms with Crippen molar-refractivity contribution in [2.45, 2.75) is 18.4 Å². The van der Waals surface area contributed by atoms with Gasteiger partial charge in [0.2, 0.25) is 10.0 Å². The van der Waals surface area contributed by atoms with Gasteiger partial charge in [0.1, 0.15) is 0 Å². The molecule has 1 aliphatic heterocycles. The van der Waals surface area contributed by atoms with Crippen molar-refractivity contribution >= 4 is 49.5 Å². The van der Waals surface area contributed by atoms with Gasteiger partial charge in [0, 0.05) is 45.4 Å². The third-order valence-corrected chi connectivity index (χ3v) is 9.28. The van der Waals surface area contributed by atoms with Crippen LogP contribution in [0.1, 0.15) is 27.6 Å².